The molecule has 0 aliphatic rings. The van der Waals surface area contributed by atoms with Crippen molar-refractivity contribution >= 4 is 56.6 Å². The van der Waals surface area contributed by atoms with Crippen LogP contribution in [0, 0.1) is 6.92 Å². The van der Waals surface area contributed by atoms with E-state index in [1.807, 2.05) is 24.4 Å². The number of nitrogens with one attached hydrogen (secondary N) is 2. The molecule has 0 aliphatic heterocycles. The fraction of sp³-hybridized carbons (Fsp3) is 0.381. The summed E-state index contributed by atoms with van der Waals surface area (Å²) in [6, 6.07) is 3.85. The lowest BCUT2D eigenvalue weighted by Crippen LogP contribution is -2.40. The van der Waals surface area contributed by atoms with Crippen molar-refractivity contribution in [3.05, 3.63) is 34.6 Å². The fourth-order valence-electron chi connectivity index (χ4n) is 3.64. The molecule has 0 fully saturated rings. The maximum atomic E-state index is 6.14. The highest BCUT2D eigenvalue weighted by atomic mass is 35.5. The Bertz CT molecular complexity index is 1230. The average molecular weight is 487 g/mol. The standard InChI is InChI=1S/C21H27ClN10S/c1-5-15(31(6-2)7-3)26-14-9-8-13(10-24-14)25-21-29-20(23)32(30-21)18-17-16(12(4)11-33-17)27-19(22)28-18/h8-11,15H,5-7H2,1-4H3,(H,24,26)(H3,23,25,29,30). The van der Waals surface area contributed by atoms with Crippen LogP contribution in [0.25, 0.3) is 16.0 Å². The number of halogens is 1. The quantitative estimate of drug-likeness (QED) is 0.232. The van der Waals surface area contributed by atoms with Gasteiger partial charge in [-0.05, 0) is 61.1 Å². The van der Waals surface area contributed by atoms with E-state index in [1.165, 1.54) is 16.0 Å². The van der Waals surface area contributed by atoms with E-state index in [0.717, 1.165) is 46.8 Å². The van der Waals surface area contributed by atoms with Crippen molar-refractivity contribution in [2.24, 2.45) is 0 Å². The number of nitrogens with zero attached hydrogens (tertiary/aromatic N) is 7. The maximum Gasteiger partial charge on any atom is 0.248 e. The summed E-state index contributed by atoms with van der Waals surface area (Å²) in [7, 11) is 0. The van der Waals surface area contributed by atoms with Gasteiger partial charge in [-0.25, -0.2) is 9.97 Å². The van der Waals surface area contributed by atoms with Crippen molar-refractivity contribution in [3.8, 4) is 5.82 Å². The summed E-state index contributed by atoms with van der Waals surface area (Å²) in [5.74, 6) is 1.83. The average Bonchev–Trinajstić information content (AvgIpc) is 3.36. The number of nitrogen functional groups attached to an aromatic ring is 1. The number of fused-ring (bicyclic) bond motifs is 1. The second kappa shape index (κ2) is 9.86. The highest BCUT2D eigenvalue weighted by Crippen LogP contribution is 2.30. The second-order valence-corrected chi connectivity index (χ2v) is 8.68. The van der Waals surface area contributed by atoms with Crippen molar-refractivity contribution < 1.29 is 0 Å². The van der Waals surface area contributed by atoms with E-state index in [-0.39, 0.29) is 17.4 Å². The van der Waals surface area contributed by atoms with Crippen LogP contribution in [0.2, 0.25) is 5.28 Å². The molecule has 0 saturated carbocycles. The molecule has 0 aliphatic carbocycles. The van der Waals surface area contributed by atoms with Gasteiger partial charge < -0.3 is 16.4 Å². The van der Waals surface area contributed by atoms with Crippen LogP contribution in [0.5, 0.6) is 0 Å². The number of aryl methyl sites for hydroxylation is 1. The molecular formula is C21H27ClN10S. The monoisotopic (exact) mass is 486 g/mol. The number of pyridine rings is 1. The van der Waals surface area contributed by atoms with Crippen molar-refractivity contribution in [1.29, 1.82) is 0 Å². The molecule has 0 saturated heterocycles. The van der Waals surface area contributed by atoms with Gasteiger partial charge in [0.25, 0.3) is 0 Å². The molecular weight excluding hydrogens is 460 g/mol. The molecule has 0 radical (unpaired) electrons. The van der Waals surface area contributed by atoms with Gasteiger partial charge in [-0.15, -0.1) is 16.4 Å². The number of thiophene rings is 1. The van der Waals surface area contributed by atoms with Gasteiger partial charge in [0.1, 0.15) is 5.82 Å². The summed E-state index contributed by atoms with van der Waals surface area (Å²) in [5.41, 5.74) is 8.68. The van der Waals surface area contributed by atoms with Crippen molar-refractivity contribution in [3.63, 3.8) is 0 Å². The first-order valence-electron chi connectivity index (χ1n) is 10.8. The minimum Gasteiger partial charge on any atom is -0.368 e. The van der Waals surface area contributed by atoms with Crippen LogP contribution >= 0.6 is 22.9 Å². The van der Waals surface area contributed by atoms with Crippen LogP contribution in [-0.2, 0) is 0 Å². The van der Waals surface area contributed by atoms with Gasteiger partial charge in [0.15, 0.2) is 5.82 Å². The Labute approximate surface area is 201 Å². The second-order valence-electron chi connectivity index (χ2n) is 7.46. The number of hydrogen-bond acceptors (Lipinski definition) is 10. The van der Waals surface area contributed by atoms with Crippen LogP contribution in [-0.4, -0.2) is 53.9 Å². The zero-order chi connectivity index (χ0) is 23.5. The molecule has 12 heteroatoms. The van der Waals surface area contributed by atoms with E-state index in [1.54, 1.807) is 6.20 Å². The van der Waals surface area contributed by atoms with E-state index in [9.17, 15) is 0 Å². The molecule has 4 aromatic rings. The van der Waals surface area contributed by atoms with Gasteiger partial charge in [0, 0.05) is 0 Å². The summed E-state index contributed by atoms with van der Waals surface area (Å²) < 4.78 is 2.31. The number of hydrogen-bond donors (Lipinski definition) is 3. The largest absolute Gasteiger partial charge is 0.368 e. The first kappa shape index (κ1) is 23.1. The van der Waals surface area contributed by atoms with Crippen molar-refractivity contribution in [2.75, 3.05) is 29.5 Å². The molecule has 1 unspecified atom stereocenters. The van der Waals surface area contributed by atoms with E-state index in [2.05, 4.69) is 61.3 Å². The van der Waals surface area contributed by atoms with Gasteiger partial charge in [-0.2, -0.15) is 14.6 Å². The molecule has 174 valence electrons. The van der Waals surface area contributed by atoms with Gasteiger partial charge in [-0.1, -0.05) is 20.8 Å². The first-order valence-corrected chi connectivity index (χ1v) is 12.1. The van der Waals surface area contributed by atoms with E-state index < -0.39 is 0 Å². The molecule has 0 spiro atoms. The number of rotatable bonds is 9. The predicted octanol–water partition coefficient (Wildman–Crippen LogP) is 4.44. The molecule has 1 atom stereocenters. The molecule has 4 rings (SSSR count). The smallest absolute Gasteiger partial charge is 0.248 e. The maximum absolute atomic E-state index is 6.14. The summed E-state index contributed by atoms with van der Waals surface area (Å²) >= 11 is 7.65. The Hall–Kier alpha value is -3.02. The van der Waals surface area contributed by atoms with Gasteiger partial charge >= 0.3 is 0 Å². The highest BCUT2D eigenvalue weighted by molar-refractivity contribution is 7.17. The Morgan fingerprint density at radius 2 is 1.97 bits per heavy atom. The number of nitrogens with two attached hydrogens (primary N) is 1. The fourth-order valence-corrected chi connectivity index (χ4v) is 4.76. The summed E-state index contributed by atoms with van der Waals surface area (Å²) in [6.45, 7) is 10.4. The van der Waals surface area contributed by atoms with E-state index in [4.69, 9.17) is 17.3 Å². The molecule has 0 aromatic carbocycles. The molecule has 4 heterocycles. The minimum absolute atomic E-state index is 0.130. The van der Waals surface area contributed by atoms with Crippen molar-refractivity contribution in [2.45, 2.75) is 40.3 Å². The molecule has 33 heavy (non-hydrogen) atoms. The van der Waals surface area contributed by atoms with Gasteiger partial charge in [-0.3, -0.25) is 4.90 Å². The Kier molecular flexibility index (Phi) is 6.91. The third kappa shape index (κ3) is 4.85. The van der Waals surface area contributed by atoms with Crippen molar-refractivity contribution in [1.82, 2.24) is 34.6 Å². The van der Waals surface area contributed by atoms with Crippen LogP contribution in [0.3, 0.4) is 0 Å². The SMILES string of the molecule is CCC(Nc1ccc(Nc2nc(N)n(-c3nc(Cl)nc4c(C)csc34)n2)cn1)N(CC)CC. The molecule has 10 nitrogen and oxygen atoms in total. The normalized spacial score (nSPS) is 12.4. The minimum atomic E-state index is 0.130. The van der Waals surface area contributed by atoms with Crippen LogP contribution in [0.4, 0.5) is 23.4 Å². The van der Waals surface area contributed by atoms with Gasteiger partial charge in [0.2, 0.25) is 17.2 Å². The third-order valence-electron chi connectivity index (χ3n) is 5.35. The van der Waals surface area contributed by atoms with E-state index >= 15 is 0 Å². The third-order valence-corrected chi connectivity index (χ3v) is 6.61. The van der Waals surface area contributed by atoms with E-state index in [0.29, 0.717) is 11.8 Å². The summed E-state index contributed by atoms with van der Waals surface area (Å²) in [4.78, 5) is 19.9. The van der Waals surface area contributed by atoms with Crippen LogP contribution in [0.1, 0.15) is 32.8 Å². The molecule has 0 bridgehead atoms. The Morgan fingerprint density at radius 1 is 1.18 bits per heavy atom. The lowest BCUT2D eigenvalue weighted by Gasteiger charge is -2.29. The van der Waals surface area contributed by atoms with Gasteiger partial charge in [0.05, 0.1) is 28.3 Å². The molecule has 4 aromatic heterocycles. The van der Waals surface area contributed by atoms with Crippen LogP contribution < -0.4 is 16.4 Å². The topological polar surface area (TPSA) is 123 Å². The molecule has 0 amide bonds. The predicted molar refractivity (Wildman–Crippen MR) is 135 cm³/mol. The summed E-state index contributed by atoms with van der Waals surface area (Å²) in [5, 5.41) is 13.2. The number of aromatic nitrogens is 6. The zero-order valence-corrected chi connectivity index (χ0v) is 20.6. The lowest BCUT2D eigenvalue weighted by molar-refractivity contribution is 0.233. The van der Waals surface area contributed by atoms with Crippen LogP contribution in [0.15, 0.2) is 23.7 Å². The summed E-state index contributed by atoms with van der Waals surface area (Å²) in [6.07, 6.45) is 2.95. The first-order chi connectivity index (χ1) is 15.9. The Balaban J connectivity index is 1.53. The number of anilines is 4. The highest BCUT2D eigenvalue weighted by Gasteiger charge is 2.18. The molecule has 4 N–H and O–H groups in total. The zero-order valence-electron chi connectivity index (χ0n) is 19.0. The lowest BCUT2D eigenvalue weighted by atomic mass is 10.3. The Morgan fingerprint density at radius 3 is 2.64 bits per heavy atom.